The Morgan fingerprint density at radius 2 is 1.79 bits per heavy atom. The summed E-state index contributed by atoms with van der Waals surface area (Å²) >= 11 is 0. The van der Waals surface area contributed by atoms with Crippen molar-refractivity contribution in [3.63, 3.8) is 0 Å². The Kier molecular flexibility index (Phi) is 4.47. The first kappa shape index (κ1) is 16.7. The summed E-state index contributed by atoms with van der Waals surface area (Å²) in [5.41, 5.74) is 0. The summed E-state index contributed by atoms with van der Waals surface area (Å²) in [4.78, 5) is 30.8. The lowest BCUT2D eigenvalue weighted by molar-refractivity contribution is -0.186. The molecule has 0 bridgehead atoms. The standard InChI is InChI=1S/C16H18F3N3O2/c17-16(18,19)15(24)21-9-6-11(7-10-21)14(23)22(12-4-5-12)13-3-1-2-8-20-13/h1-3,8,11-12H,4-7,9-10H2. The van der Waals surface area contributed by atoms with Gasteiger partial charge in [-0.1, -0.05) is 6.07 Å². The molecule has 1 aliphatic heterocycles. The van der Waals surface area contributed by atoms with Crippen LogP contribution in [-0.2, 0) is 9.59 Å². The van der Waals surface area contributed by atoms with Gasteiger partial charge in [0, 0.05) is 31.2 Å². The van der Waals surface area contributed by atoms with E-state index in [0.717, 1.165) is 17.7 Å². The number of alkyl halides is 3. The molecule has 1 saturated carbocycles. The van der Waals surface area contributed by atoms with Crippen LogP contribution in [0.5, 0.6) is 0 Å². The number of hydrogen-bond acceptors (Lipinski definition) is 3. The highest BCUT2D eigenvalue weighted by Gasteiger charge is 2.45. The predicted octanol–water partition coefficient (Wildman–Crippen LogP) is 2.38. The Morgan fingerprint density at radius 3 is 2.29 bits per heavy atom. The fourth-order valence-corrected chi connectivity index (χ4v) is 3.01. The highest BCUT2D eigenvalue weighted by Crippen LogP contribution is 2.34. The van der Waals surface area contributed by atoms with Gasteiger partial charge in [0.25, 0.3) is 0 Å². The molecule has 1 aromatic rings. The van der Waals surface area contributed by atoms with E-state index in [2.05, 4.69) is 4.98 Å². The van der Waals surface area contributed by atoms with Crippen molar-refractivity contribution in [1.29, 1.82) is 0 Å². The number of carbonyl (C=O) groups is 2. The third kappa shape index (κ3) is 3.52. The van der Waals surface area contributed by atoms with E-state index in [9.17, 15) is 22.8 Å². The molecule has 0 atom stereocenters. The minimum absolute atomic E-state index is 0.0462. The number of amides is 2. The van der Waals surface area contributed by atoms with Gasteiger partial charge in [-0.15, -0.1) is 0 Å². The van der Waals surface area contributed by atoms with Gasteiger partial charge in [0.15, 0.2) is 0 Å². The van der Waals surface area contributed by atoms with E-state index in [1.807, 2.05) is 0 Å². The van der Waals surface area contributed by atoms with E-state index in [1.54, 1.807) is 29.3 Å². The molecular formula is C16H18F3N3O2. The number of anilines is 1. The summed E-state index contributed by atoms with van der Waals surface area (Å²) in [6.07, 6.45) is -0.928. The van der Waals surface area contributed by atoms with Crippen LogP contribution in [0.3, 0.4) is 0 Å². The Balaban J connectivity index is 1.65. The van der Waals surface area contributed by atoms with Crippen molar-refractivity contribution in [2.45, 2.75) is 37.9 Å². The van der Waals surface area contributed by atoms with Crippen LogP contribution in [0.25, 0.3) is 0 Å². The summed E-state index contributed by atoms with van der Waals surface area (Å²) in [6, 6.07) is 5.45. The van der Waals surface area contributed by atoms with Gasteiger partial charge in [0.05, 0.1) is 0 Å². The monoisotopic (exact) mass is 341 g/mol. The number of hydrogen-bond donors (Lipinski definition) is 0. The highest BCUT2D eigenvalue weighted by atomic mass is 19.4. The van der Waals surface area contributed by atoms with Crippen molar-refractivity contribution in [2.75, 3.05) is 18.0 Å². The first-order valence-electron chi connectivity index (χ1n) is 7.98. The van der Waals surface area contributed by atoms with E-state index in [0.29, 0.717) is 5.82 Å². The van der Waals surface area contributed by atoms with Gasteiger partial charge in [0.1, 0.15) is 5.82 Å². The molecule has 0 aromatic carbocycles. The van der Waals surface area contributed by atoms with Gasteiger partial charge >= 0.3 is 12.1 Å². The number of carbonyl (C=O) groups excluding carboxylic acids is 2. The Morgan fingerprint density at radius 1 is 1.12 bits per heavy atom. The molecule has 2 heterocycles. The Labute approximate surface area is 137 Å². The number of pyridine rings is 1. The molecule has 0 radical (unpaired) electrons. The molecule has 1 aromatic heterocycles. The van der Waals surface area contributed by atoms with Crippen LogP contribution in [0.1, 0.15) is 25.7 Å². The first-order valence-corrected chi connectivity index (χ1v) is 7.98. The molecule has 2 fully saturated rings. The zero-order valence-corrected chi connectivity index (χ0v) is 13.0. The molecule has 0 N–H and O–H groups in total. The fraction of sp³-hybridized carbons (Fsp3) is 0.562. The smallest absolute Gasteiger partial charge is 0.335 e. The van der Waals surface area contributed by atoms with E-state index < -0.39 is 12.1 Å². The SMILES string of the molecule is O=C(C1CCN(C(=O)C(F)(F)F)CC1)N(c1ccccn1)C1CC1. The van der Waals surface area contributed by atoms with Crippen molar-refractivity contribution >= 4 is 17.6 Å². The van der Waals surface area contributed by atoms with Gasteiger partial charge in [-0.3, -0.25) is 14.5 Å². The fourth-order valence-electron chi connectivity index (χ4n) is 3.01. The second-order valence-corrected chi connectivity index (χ2v) is 6.19. The summed E-state index contributed by atoms with van der Waals surface area (Å²) < 4.78 is 37.4. The van der Waals surface area contributed by atoms with Crippen LogP contribution in [0.4, 0.5) is 19.0 Å². The van der Waals surface area contributed by atoms with Crippen molar-refractivity contribution < 1.29 is 22.8 Å². The maximum absolute atomic E-state index is 12.8. The Bertz CT molecular complexity index is 609. The average Bonchev–Trinajstić information content (AvgIpc) is 3.39. The zero-order chi connectivity index (χ0) is 17.3. The van der Waals surface area contributed by atoms with Gasteiger partial charge in [-0.2, -0.15) is 13.2 Å². The summed E-state index contributed by atoms with van der Waals surface area (Å²) in [5.74, 6) is -1.71. The number of rotatable bonds is 3. The molecule has 8 heteroatoms. The van der Waals surface area contributed by atoms with Gasteiger partial charge < -0.3 is 4.90 Å². The lowest BCUT2D eigenvalue weighted by Gasteiger charge is -2.34. The van der Waals surface area contributed by atoms with Gasteiger partial charge in [0.2, 0.25) is 5.91 Å². The third-order valence-electron chi connectivity index (χ3n) is 4.42. The molecule has 5 nitrogen and oxygen atoms in total. The second kappa shape index (κ2) is 6.41. The third-order valence-corrected chi connectivity index (χ3v) is 4.42. The van der Waals surface area contributed by atoms with Crippen molar-refractivity contribution in [3.8, 4) is 0 Å². The van der Waals surface area contributed by atoms with Crippen LogP contribution in [0.2, 0.25) is 0 Å². The van der Waals surface area contributed by atoms with Crippen LogP contribution >= 0.6 is 0 Å². The molecular weight excluding hydrogens is 323 g/mol. The number of likely N-dealkylation sites (tertiary alicyclic amines) is 1. The predicted molar refractivity (Wildman–Crippen MR) is 80.1 cm³/mol. The van der Waals surface area contributed by atoms with Gasteiger partial charge in [-0.25, -0.2) is 4.98 Å². The molecule has 1 saturated heterocycles. The molecule has 2 aliphatic rings. The second-order valence-electron chi connectivity index (χ2n) is 6.19. The first-order chi connectivity index (χ1) is 11.4. The van der Waals surface area contributed by atoms with Crippen LogP contribution in [0.15, 0.2) is 24.4 Å². The molecule has 0 spiro atoms. The minimum Gasteiger partial charge on any atom is -0.335 e. The van der Waals surface area contributed by atoms with E-state index in [1.165, 1.54) is 0 Å². The summed E-state index contributed by atoms with van der Waals surface area (Å²) in [6.45, 7) is -0.0923. The maximum atomic E-state index is 12.8. The summed E-state index contributed by atoms with van der Waals surface area (Å²) in [5, 5.41) is 0. The van der Waals surface area contributed by atoms with Crippen LogP contribution in [0, 0.1) is 5.92 Å². The molecule has 24 heavy (non-hydrogen) atoms. The highest BCUT2D eigenvalue weighted by molar-refractivity contribution is 5.95. The lowest BCUT2D eigenvalue weighted by atomic mass is 9.95. The number of piperidine rings is 1. The van der Waals surface area contributed by atoms with Gasteiger partial charge in [-0.05, 0) is 37.8 Å². The minimum atomic E-state index is -4.86. The lowest BCUT2D eigenvalue weighted by Crippen LogP contribution is -2.48. The van der Waals surface area contributed by atoms with E-state index in [-0.39, 0.29) is 43.8 Å². The molecule has 3 rings (SSSR count). The van der Waals surface area contributed by atoms with Crippen LogP contribution < -0.4 is 4.90 Å². The largest absolute Gasteiger partial charge is 0.471 e. The number of nitrogens with zero attached hydrogens (tertiary/aromatic N) is 3. The Hall–Kier alpha value is -2.12. The van der Waals surface area contributed by atoms with E-state index >= 15 is 0 Å². The van der Waals surface area contributed by atoms with Crippen molar-refractivity contribution in [1.82, 2.24) is 9.88 Å². The average molecular weight is 341 g/mol. The van der Waals surface area contributed by atoms with E-state index in [4.69, 9.17) is 0 Å². The topological polar surface area (TPSA) is 53.5 Å². The van der Waals surface area contributed by atoms with Crippen molar-refractivity contribution in [2.24, 2.45) is 5.92 Å². The molecule has 1 aliphatic carbocycles. The maximum Gasteiger partial charge on any atom is 0.471 e. The zero-order valence-electron chi connectivity index (χ0n) is 13.0. The normalized spacial score (nSPS) is 19.2. The molecule has 130 valence electrons. The summed E-state index contributed by atoms with van der Waals surface area (Å²) in [7, 11) is 0. The number of halogens is 3. The number of aromatic nitrogens is 1. The quantitative estimate of drug-likeness (QED) is 0.848. The van der Waals surface area contributed by atoms with Crippen LogP contribution in [-0.4, -0.2) is 47.0 Å². The van der Waals surface area contributed by atoms with Crippen molar-refractivity contribution in [3.05, 3.63) is 24.4 Å². The molecule has 2 amide bonds. The molecule has 0 unspecified atom stereocenters.